The number of aromatic nitrogens is 1. The molecule has 4 nitrogen and oxygen atoms in total. The van der Waals surface area contributed by atoms with Crippen molar-refractivity contribution < 1.29 is 4.79 Å². The number of carbonyl (C=O) groups excluding carboxylic acids is 1. The van der Waals surface area contributed by atoms with Gasteiger partial charge in [0.2, 0.25) is 0 Å². The number of hydrogen-bond acceptors (Lipinski definition) is 2. The van der Waals surface area contributed by atoms with E-state index in [1.165, 1.54) is 43.5 Å². The number of carbonyl (C=O) groups is 1. The Hall–Kier alpha value is -2.02. The maximum Gasteiger partial charge on any atom is 0.262 e. The van der Waals surface area contributed by atoms with Crippen LogP contribution in [-0.2, 0) is 4.79 Å². The summed E-state index contributed by atoms with van der Waals surface area (Å²) in [6, 6.07) is 5.00. The highest BCUT2D eigenvalue weighted by molar-refractivity contribution is 6.02. The second-order valence-corrected chi connectivity index (χ2v) is 6.91. The van der Waals surface area contributed by atoms with Crippen molar-refractivity contribution in [2.24, 2.45) is 0 Å². The van der Waals surface area contributed by atoms with Crippen LogP contribution in [0.3, 0.4) is 0 Å². The SMILES string of the molecule is Cc1cc(/C=C(/C#N)C(=O)NC2CC2)c(C)n1C1CCCCC1. The van der Waals surface area contributed by atoms with Gasteiger partial charge in [0.25, 0.3) is 5.91 Å². The summed E-state index contributed by atoms with van der Waals surface area (Å²) in [5.74, 6) is -0.238. The highest BCUT2D eigenvalue weighted by Gasteiger charge is 2.25. The Kier molecular flexibility index (Phi) is 4.56. The summed E-state index contributed by atoms with van der Waals surface area (Å²) in [7, 11) is 0. The van der Waals surface area contributed by atoms with Gasteiger partial charge in [0.05, 0.1) is 0 Å². The molecular weight excluding hydrogens is 286 g/mol. The van der Waals surface area contributed by atoms with Gasteiger partial charge in [-0.2, -0.15) is 5.26 Å². The van der Waals surface area contributed by atoms with Crippen molar-refractivity contribution in [1.82, 2.24) is 9.88 Å². The van der Waals surface area contributed by atoms with Crippen molar-refractivity contribution in [1.29, 1.82) is 5.26 Å². The van der Waals surface area contributed by atoms with E-state index in [2.05, 4.69) is 35.9 Å². The normalized spacial score (nSPS) is 19.4. The van der Waals surface area contributed by atoms with E-state index in [1.807, 2.05) is 0 Å². The third-order valence-corrected chi connectivity index (χ3v) is 5.04. The summed E-state index contributed by atoms with van der Waals surface area (Å²) in [6.07, 6.45) is 10.2. The summed E-state index contributed by atoms with van der Waals surface area (Å²) < 4.78 is 2.40. The van der Waals surface area contributed by atoms with Crippen LogP contribution in [0.15, 0.2) is 11.6 Å². The quantitative estimate of drug-likeness (QED) is 0.679. The minimum Gasteiger partial charge on any atom is -0.349 e. The van der Waals surface area contributed by atoms with Crippen molar-refractivity contribution in [3.8, 4) is 6.07 Å². The predicted octanol–water partition coefficient (Wildman–Crippen LogP) is 3.80. The first-order valence-corrected chi connectivity index (χ1v) is 8.71. The first-order chi connectivity index (χ1) is 11.1. The maximum atomic E-state index is 12.1. The Labute approximate surface area is 138 Å². The van der Waals surface area contributed by atoms with Crippen molar-refractivity contribution in [3.63, 3.8) is 0 Å². The number of rotatable bonds is 4. The van der Waals surface area contributed by atoms with E-state index in [-0.39, 0.29) is 17.5 Å². The predicted molar refractivity (Wildman–Crippen MR) is 90.8 cm³/mol. The van der Waals surface area contributed by atoms with E-state index < -0.39 is 0 Å². The van der Waals surface area contributed by atoms with Crippen LogP contribution in [0.2, 0.25) is 0 Å². The molecule has 0 saturated heterocycles. The van der Waals surface area contributed by atoms with Gasteiger partial charge in [-0.05, 0) is 57.2 Å². The molecule has 0 unspecified atom stereocenters. The van der Waals surface area contributed by atoms with E-state index in [4.69, 9.17) is 0 Å². The summed E-state index contributed by atoms with van der Waals surface area (Å²) in [4.78, 5) is 12.1. The first-order valence-electron chi connectivity index (χ1n) is 8.71. The molecule has 1 heterocycles. The molecule has 0 bridgehead atoms. The molecule has 1 N–H and O–H groups in total. The number of nitriles is 1. The first kappa shape index (κ1) is 15.9. The lowest BCUT2D eigenvalue weighted by Crippen LogP contribution is -2.26. The zero-order valence-corrected chi connectivity index (χ0v) is 14.1. The summed E-state index contributed by atoms with van der Waals surface area (Å²) in [6.45, 7) is 4.22. The summed E-state index contributed by atoms with van der Waals surface area (Å²) in [5, 5.41) is 12.2. The summed E-state index contributed by atoms with van der Waals surface area (Å²) >= 11 is 0. The minimum absolute atomic E-state index is 0.209. The largest absolute Gasteiger partial charge is 0.349 e. The molecule has 0 atom stereocenters. The van der Waals surface area contributed by atoms with Crippen molar-refractivity contribution in [2.45, 2.75) is 70.9 Å². The van der Waals surface area contributed by atoms with E-state index in [0.29, 0.717) is 6.04 Å². The third kappa shape index (κ3) is 3.50. The zero-order valence-electron chi connectivity index (χ0n) is 14.1. The average molecular weight is 311 g/mol. The molecule has 0 aliphatic heterocycles. The van der Waals surface area contributed by atoms with Gasteiger partial charge < -0.3 is 9.88 Å². The van der Waals surface area contributed by atoms with Crippen LogP contribution in [0.4, 0.5) is 0 Å². The van der Waals surface area contributed by atoms with E-state index in [1.54, 1.807) is 6.08 Å². The van der Waals surface area contributed by atoms with Crippen LogP contribution in [0.25, 0.3) is 6.08 Å². The standard InChI is InChI=1S/C19H25N3O/c1-13-10-15(11-16(12-20)19(23)21-17-8-9-17)14(2)22(13)18-6-4-3-5-7-18/h10-11,17-18H,3-9H2,1-2H3,(H,21,23)/b16-11-. The van der Waals surface area contributed by atoms with Gasteiger partial charge in [0, 0.05) is 23.5 Å². The van der Waals surface area contributed by atoms with Crippen molar-refractivity contribution >= 4 is 12.0 Å². The highest BCUT2D eigenvalue weighted by atomic mass is 16.1. The molecule has 2 aliphatic rings. The fraction of sp³-hybridized carbons (Fsp3) is 0.579. The van der Waals surface area contributed by atoms with Crippen LogP contribution in [0, 0.1) is 25.2 Å². The second-order valence-electron chi connectivity index (χ2n) is 6.91. The molecule has 1 aromatic heterocycles. The lowest BCUT2D eigenvalue weighted by atomic mass is 9.95. The number of hydrogen-bond donors (Lipinski definition) is 1. The second kappa shape index (κ2) is 6.62. The Morgan fingerprint density at radius 1 is 1.26 bits per heavy atom. The zero-order chi connectivity index (χ0) is 16.4. The van der Waals surface area contributed by atoms with Gasteiger partial charge in [-0.3, -0.25) is 4.79 Å². The van der Waals surface area contributed by atoms with Crippen molar-refractivity contribution in [2.75, 3.05) is 0 Å². The van der Waals surface area contributed by atoms with Gasteiger partial charge in [-0.25, -0.2) is 0 Å². The number of nitrogens with one attached hydrogen (secondary N) is 1. The van der Waals surface area contributed by atoms with E-state index in [9.17, 15) is 10.1 Å². The Morgan fingerprint density at radius 3 is 2.57 bits per heavy atom. The van der Waals surface area contributed by atoms with Crippen LogP contribution in [0.1, 0.15) is 67.9 Å². The Balaban J connectivity index is 1.85. The lowest BCUT2D eigenvalue weighted by Gasteiger charge is -2.26. The van der Waals surface area contributed by atoms with Gasteiger partial charge in [-0.15, -0.1) is 0 Å². The lowest BCUT2D eigenvalue weighted by molar-refractivity contribution is -0.117. The van der Waals surface area contributed by atoms with Gasteiger partial charge in [0.15, 0.2) is 0 Å². The molecule has 2 fully saturated rings. The maximum absolute atomic E-state index is 12.1. The molecule has 122 valence electrons. The molecule has 1 amide bonds. The van der Waals surface area contributed by atoms with E-state index in [0.717, 1.165) is 18.4 Å². The number of aryl methyl sites for hydroxylation is 1. The molecule has 2 aliphatic carbocycles. The van der Waals surface area contributed by atoms with Crippen LogP contribution in [0.5, 0.6) is 0 Å². The molecular formula is C19H25N3O. The number of amides is 1. The van der Waals surface area contributed by atoms with Gasteiger partial charge >= 0.3 is 0 Å². The minimum atomic E-state index is -0.238. The Bertz CT molecular complexity index is 668. The van der Waals surface area contributed by atoms with Crippen LogP contribution < -0.4 is 5.32 Å². The molecule has 4 heteroatoms. The fourth-order valence-electron chi connectivity index (χ4n) is 3.64. The van der Waals surface area contributed by atoms with E-state index >= 15 is 0 Å². The topological polar surface area (TPSA) is 57.8 Å². The summed E-state index contributed by atoms with van der Waals surface area (Å²) in [5.41, 5.74) is 3.60. The van der Waals surface area contributed by atoms with Crippen LogP contribution in [-0.4, -0.2) is 16.5 Å². The number of nitrogens with zero attached hydrogens (tertiary/aromatic N) is 2. The molecule has 0 radical (unpaired) electrons. The van der Waals surface area contributed by atoms with Gasteiger partial charge in [0.1, 0.15) is 11.6 Å². The average Bonchev–Trinajstić information content (AvgIpc) is 3.31. The molecule has 1 aromatic rings. The third-order valence-electron chi connectivity index (χ3n) is 5.04. The molecule has 2 saturated carbocycles. The fourth-order valence-corrected chi connectivity index (χ4v) is 3.64. The Morgan fingerprint density at radius 2 is 1.96 bits per heavy atom. The van der Waals surface area contributed by atoms with Crippen molar-refractivity contribution in [3.05, 3.63) is 28.6 Å². The molecule has 3 rings (SSSR count). The van der Waals surface area contributed by atoms with Crippen LogP contribution >= 0.6 is 0 Å². The monoisotopic (exact) mass is 311 g/mol. The highest BCUT2D eigenvalue weighted by Crippen LogP contribution is 2.32. The molecule has 23 heavy (non-hydrogen) atoms. The molecule has 0 aromatic carbocycles. The smallest absolute Gasteiger partial charge is 0.262 e. The van der Waals surface area contributed by atoms with Gasteiger partial charge in [-0.1, -0.05) is 19.3 Å². The molecule has 0 spiro atoms.